The summed E-state index contributed by atoms with van der Waals surface area (Å²) in [6.07, 6.45) is 3.73. The summed E-state index contributed by atoms with van der Waals surface area (Å²) in [5.74, 6) is -0.817. The Hall–Kier alpha value is -2.40. The summed E-state index contributed by atoms with van der Waals surface area (Å²) < 4.78 is 15.9. The molecule has 132 valence electrons. The van der Waals surface area contributed by atoms with E-state index in [9.17, 15) is 9.50 Å². The predicted octanol–water partition coefficient (Wildman–Crippen LogP) is 3.93. The van der Waals surface area contributed by atoms with E-state index in [1.807, 2.05) is 31.3 Å². The number of nitrogens with one attached hydrogen (secondary N) is 1. The van der Waals surface area contributed by atoms with Gasteiger partial charge in [-0.15, -0.1) is 0 Å². The van der Waals surface area contributed by atoms with Crippen LogP contribution in [0.2, 0.25) is 0 Å². The van der Waals surface area contributed by atoms with E-state index < -0.39 is 5.82 Å². The summed E-state index contributed by atoms with van der Waals surface area (Å²) >= 11 is 0. The zero-order valence-corrected chi connectivity index (χ0v) is 14.7. The Kier molecular flexibility index (Phi) is 5.34. The first-order valence-corrected chi connectivity index (χ1v) is 8.72. The van der Waals surface area contributed by atoms with E-state index >= 15 is 0 Å². The molecule has 0 bridgehead atoms. The SMILES string of the molecule is CCCn1cc(CCNCc2cccc(C)n2)c2c(O)c(F)ccc21. The molecule has 2 N–H and O–H groups in total. The van der Waals surface area contributed by atoms with Gasteiger partial charge in [0.1, 0.15) is 0 Å². The molecule has 0 aliphatic carbocycles. The van der Waals surface area contributed by atoms with Crippen molar-refractivity contribution in [3.05, 3.63) is 59.3 Å². The minimum atomic E-state index is -0.570. The quantitative estimate of drug-likeness (QED) is 0.640. The van der Waals surface area contributed by atoms with E-state index in [-0.39, 0.29) is 5.75 Å². The second-order valence-corrected chi connectivity index (χ2v) is 6.33. The van der Waals surface area contributed by atoms with Gasteiger partial charge >= 0.3 is 0 Å². The molecule has 4 nitrogen and oxygen atoms in total. The summed E-state index contributed by atoms with van der Waals surface area (Å²) in [7, 11) is 0. The lowest BCUT2D eigenvalue weighted by Gasteiger charge is -2.05. The monoisotopic (exact) mass is 341 g/mol. The van der Waals surface area contributed by atoms with Gasteiger partial charge in [0.25, 0.3) is 0 Å². The van der Waals surface area contributed by atoms with E-state index in [1.54, 1.807) is 6.07 Å². The maximum absolute atomic E-state index is 13.8. The highest BCUT2D eigenvalue weighted by atomic mass is 19.1. The predicted molar refractivity (Wildman–Crippen MR) is 98.2 cm³/mol. The molecule has 1 aromatic carbocycles. The average Bonchev–Trinajstić information content (AvgIpc) is 2.94. The lowest BCUT2D eigenvalue weighted by atomic mass is 10.1. The molecule has 5 heteroatoms. The number of aromatic nitrogens is 2. The molecule has 0 aliphatic heterocycles. The third-order valence-electron chi connectivity index (χ3n) is 4.34. The van der Waals surface area contributed by atoms with Crippen molar-refractivity contribution >= 4 is 10.9 Å². The van der Waals surface area contributed by atoms with Gasteiger partial charge in [-0.2, -0.15) is 0 Å². The number of benzene rings is 1. The van der Waals surface area contributed by atoms with Crippen molar-refractivity contribution < 1.29 is 9.50 Å². The average molecular weight is 341 g/mol. The highest BCUT2D eigenvalue weighted by Gasteiger charge is 2.15. The fraction of sp³-hybridized carbons (Fsp3) is 0.350. The molecule has 0 spiro atoms. The molecule has 25 heavy (non-hydrogen) atoms. The van der Waals surface area contributed by atoms with Crippen LogP contribution < -0.4 is 5.32 Å². The molecule has 0 aliphatic rings. The number of aromatic hydroxyl groups is 1. The van der Waals surface area contributed by atoms with E-state index in [4.69, 9.17) is 0 Å². The minimum absolute atomic E-state index is 0.247. The molecule has 3 rings (SSSR count). The van der Waals surface area contributed by atoms with Gasteiger partial charge in [-0.05, 0) is 56.1 Å². The zero-order valence-electron chi connectivity index (χ0n) is 14.7. The van der Waals surface area contributed by atoms with Crippen LogP contribution in [0.15, 0.2) is 36.5 Å². The molecular weight excluding hydrogens is 317 g/mol. The molecule has 3 aromatic rings. The summed E-state index contributed by atoms with van der Waals surface area (Å²) in [4.78, 5) is 4.47. The number of hydrogen-bond donors (Lipinski definition) is 2. The lowest BCUT2D eigenvalue weighted by Crippen LogP contribution is -2.17. The topological polar surface area (TPSA) is 50.1 Å². The van der Waals surface area contributed by atoms with Gasteiger partial charge < -0.3 is 15.0 Å². The van der Waals surface area contributed by atoms with Crippen molar-refractivity contribution in [3.8, 4) is 5.75 Å². The van der Waals surface area contributed by atoms with Gasteiger partial charge in [-0.3, -0.25) is 4.98 Å². The van der Waals surface area contributed by atoms with Gasteiger partial charge in [0, 0.05) is 30.4 Å². The van der Waals surface area contributed by atoms with E-state index in [0.29, 0.717) is 11.9 Å². The molecule has 0 saturated heterocycles. The van der Waals surface area contributed by atoms with Crippen molar-refractivity contribution in [3.63, 3.8) is 0 Å². The molecular formula is C20H24FN3O. The van der Waals surface area contributed by atoms with Crippen LogP contribution in [0.1, 0.15) is 30.3 Å². The van der Waals surface area contributed by atoms with Crippen molar-refractivity contribution in [2.24, 2.45) is 0 Å². The number of pyridine rings is 1. The van der Waals surface area contributed by atoms with Gasteiger partial charge in [-0.25, -0.2) is 4.39 Å². The first kappa shape index (κ1) is 17.4. The smallest absolute Gasteiger partial charge is 0.165 e. The van der Waals surface area contributed by atoms with Gasteiger partial charge in [0.15, 0.2) is 11.6 Å². The van der Waals surface area contributed by atoms with Crippen LogP contribution in [-0.2, 0) is 19.5 Å². The maximum Gasteiger partial charge on any atom is 0.165 e. The third kappa shape index (κ3) is 3.82. The van der Waals surface area contributed by atoms with E-state index in [1.165, 1.54) is 6.07 Å². The first-order valence-electron chi connectivity index (χ1n) is 8.72. The summed E-state index contributed by atoms with van der Waals surface area (Å²) in [5, 5.41) is 14.2. The molecule has 0 saturated carbocycles. The summed E-state index contributed by atoms with van der Waals surface area (Å²) in [6.45, 7) is 6.35. The summed E-state index contributed by atoms with van der Waals surface area (Å²) in [6, 6.07) is 9.04. The molecule has 0 fully saturated rings. The maximum atomic E-state index is 13.8. The van der Waals surface area contributed by atoms with Crippen LogP contribution >= 0.6 is 0 Å². The number of nitrogens with zero attached hydrogens (tertiary/aromatic N) is 2. The van der Waals surface area contributed by atoms with Crippen molar-refractivity contribution in [1.82, 2.24) is 14.9 Å². The van der Waals surface area contributed by atoms with Crippen LogP contribution in [0.3, 0.4) is 0 Å². The Morgan fingerprint density at radius 2 is 2.08 bits per heavy atom. The number of fused-ring (bicyclic) bond motifs is 1. The number of rotatable bonds is 7. The van der Waals surface area contributed by atoms with Crippen LogP contribution in [0.4, 0.5) is 4.39 Å². The van der Waals surface area contributed by atoms with Crippen molar-refractivity contribution in [2.45, 2.75) is 39.8 Å². The highest BCUT2D eigenvalue weighted by Crippen LogP contribution is 2.32. The molecule has 2 aromatic heterocycles. The Labute approximate surface area is 147 Å². The second-order valence-electron chi connectivity index (χ2n) is 6.33. The highest BCUT2D eigenvalue weighted by molar-refractivity contribution is 5.90. The van der Waals surface area contributed by atoms with E-state index in [0.717, 1.165) is 48.4 Å². The van der Waals surface area contributed by atoms with E-state index in [2.05, 4.69) is 21.8 Å². The second kappa shape index (κ2) is 7.66. The molecule has 0 amide bonds. The molecule has 0 unspecified atom stereocenters. The number of halogens is 1. The number of aryl methyl sites for hydroxylation is 2. The number of hydrogen-bond acceptors (Lipinski definition) is 3. The molecule has 0 radical (unpaired) electrons. The fourth-order valence-electron chi connectivity index (χ4n) is 3.19. The number of phenols is 1. The van der Waals surface area contributed by atoms with Crippen molar-refractivity contribution in [2.75, 3.05) is 6.54 Å². The van der Waals surface area contributed by atoms with Crippen LogP contribution in [0.5, 0.6) is 5.75 Å². The lowest BCUT2D eigenvalue weighted by molar-refractivity contribution is 0.438. The fourth-order valence-corrected chi connectivity index (χ4v) is 3.19. The Bertz CT molecular complexity index is 873. The third-order valence-corrected chi connectivity index (χ3v) is 4.34. The van der Waals surface area contributed by atoms with Gasteiger partial charge in [0.2, 0.25) is 0 Å². The largest absolute Gasteiger partial charge is 0.504 e. The first-order chi connectivity index (χ1) is 12.1. The summed E-state index contributed by atoms with van der Waals surface area (Å²) in [5.41, 5.74) is 3.85. The minimum Gasteiger partial charge on any atom is -0.504 e. The standard InChI is InChI=1S/C20H24FN3O/c1-3-11-24-13-15(19-18(24)8-7-17(21)20(19)25)9-10-22-12-16-6-4-5-14(2)23-16/h4-8,13,22,25H,3,9-12H2,1-2H3. The Morgan fingerprint density at radius 1 is 1.24 bits per heavy atom. The van der Waals surface area contributed by atoms with Gasteiger partial charge in [0.05, 0.1) is 11.2 Å². The van der Waals surface area contributed by atoms with Crippen molar-refractivity contribution in [1.29, 1.82) is 0 Å². The Balaban J connectivity index is 1.73. The Morgan fingerprint density at radius 3 is 2.84 bits per heavy atom. The van der Waals surface area contributed by atoms with Crippen LogP contribution in [0.25, 0.3) is 10.9 Å². The van der Waals surface area contributed by atoms with Gasteiger partial charge in [-0.1, -0.05) is 13.0 Å². The number of phenolic OH excluding ortho intramolecular Hbond substituents is 1. The normalized spacial score (nSPS) is 11.3. The zero-order chi connectivity index (χ0) is 17.8. The molecule has 0 atom stereocenters. The van der Waals surface area contributed by atoms with Crippen LogP contribution in [-0.4, -0.2) is 21.2 Å². The van der Waals surface area contributed by atoms with Crippen LogP contribution in [0, 0.1) is 12.7 Å². The molecule has 2 heterocycles.